The first-order valence-corrected chi connectivity index (χ1v) is 4.35. The molecule has 0 saturated carbocycles. The number of halogens is 1. The van der Waals surface area contributed by atoms with Gasteiger partial charge in [0.15, 0.2) is 0 Å². The van der Waals surface area contributed by atoms with E-state index in [1.807, 2.05) is 6.92 Å². The van der Waals surface area contributed by atoms with Gasteiger partial charge in [-0.05, 0) is 0 Å². The number of hydrogen-bond acceptors (Lipinski definition) is 2. The van der Waals surface area contributed by atoms with Crippen molar-refractivity contribution in [3.8, 4) is 0 Å². The van der Waals surface area contributed by atoms with Gasteiger partial charge in [0, 0.05) is 26.1 Å². The Bertz CT molecular complexity index is 163. The van der Waals surface area contributed by atoms with Crippen LogP contribution in [0.4, 0.5) is 4.39 Å². The fraction of sp³-hybridized carbons (Fsp3) is 0.875. The maximum Gasteiger partial charge on any atom is 0.222 e. The standard InChI is InChI=1S/C8H15FN2O/c1-2-8(12)11-4-3-10-7(5-9)6-11/h7,10H,2-6H2,1H3. The van der Waals surface area contributed by atoms with Gasteiger partial charge in [0.1, 0.15) is 6.67 Å². The molecular formula is C8H15FN2O. The summed E-state index contributed by atoms with van der Waals surface area (Å²) in [6, 6.07) is -0.158. The SMILES string of the molecule is CCC(=O)N1CCNC(CF)C1. The average Bonchev–Trinajstić information content (AvgIpc) is 2.17. The summed E-state index contributed by atoms with van der Waals surface area (Å²) in [7, 11) is 0. The van der Waals surface area contributed by atoms with E-state index in [9.17, 15) is 9.18 Å². The molecule has 1 unspecified atom stereocenters. The molecule has 0 spiro atoms. The topological polar surface area (TPSA) is 32.3 Å². The number of hydrogen-bond donors (Lipinski definition) is 1. The Hall–Kier alpha value is -0.640. The summed E-state index contributed by atoms with van der Waals surface area (Å²) >= 11 is 0. The minimum Gasteiger partial charge on any atom is -0.340 e. The molecule has 1 aliphatic rings. The Morgan fingerprint density at radius 3 is 3.08 bits per heavy atom. The zero-order valence-corrected chi connectivity index (χ0v) is 7.35. The minimum atomic E-state index is -0.395. The summed E-state index contributed by atoms with van der Waals surface area (Å²) in [5.74, 6) is 0.120. The van der Waals surface area contributed by atoms with Crippen LogP contribution in [-0.2, 0) is 4.79 Å². The van der Waals surface area contributed by atoms with E-state index in [4.69, 9.17) is 0 Å². The third-order valence-corrected chi connectivity index (χ3v) is 2.10. The molecule has 0 aliphatic carbocycles. The summed E-state index contributed by atoms with van der Waals surface area (Å²) in [5, 5.41) is 3.01. The second-order valence-electron chi connectivity index (χ2n) is 3.00. The summed E-state index contributed by atoms with van der Waals surface area (Å²) in [6.45, 7) is 3.37. The molecule has 0 aromatic carbocycles. The van der Waals surface area contributed by atoms with Gasteiger partial charge in [-0.2, -0.15) is 0 Å². The number of nitrogens with zero attached hydrogens (tertiary/aromatic N) is 1. The van der Waals surface area contributed by atoms with Crippen LogP contribution in [0.5, 0.6) is 0 Å². The van der Waals surface area contributed by atoms with E-state index in [1.54, 1.807) is 4.90 Å². The lowest BCUT2D eigenvalue weighted by Crippen LogP contribution is -2.53. The Morgan fingerprint density at radius 2 is 2.50 bits per heavy atom. The molecule has 0 aromatic rings. The van der Waals surface area contributed by atoms with Crippen LogP contribution in [0.25, 0.3) is 0 Å². The van der Waals surface area contributed by atoms with Gasteiger partial charge in [-0.15, -0.1) is 0 Å². The highest BCUT2D eigenvalue weighted by molar-refractivity contribution is 5.75. The van der Waals surface area contributed by atoms with E-state index >= 15 is 0 Å². The summed E-state index contributed by atoms with van der Waals surface area (Å²) in [6.07, 6.45) is 0.513. The predicted octanol–water partition coefficient (Wildman–Crippen LogP) is 0.166. The molecule has 1 heterocycles. The van der Waals surface area contributed by atoms with Crippen molar-refractivity contribution in [2.75, 3.05) is 26.3 Å². The van der Waals surface area contributed by atoms with Gasteiger partial charge in [0.25, 0.3) is 0 Å². The van der Waals surface area contributed by atoms with Crippen LogP contribution in [0.15, 0.2) is 0 Å². The van der Waals surface area contributed by atoms with Gasteiger partial charge in [-0.25, -0.2) is 4.39 Å². The van der Waals surface area contributed by atoms with Crippen LogP contribution in [0.2, 0.25) is 0 Å². The number of piperazine rings is 1. The van der Waals surface area contributed by atoms with Gasteiger partial charge >= 0.3 is 0 Å². The van der Waals surface area contributed by atoms with Crippen LogP contribution < -0.4 is 5.32 Å². The molecule has 4 heteroatoms. The molecule has 1 N–H and O–H groups in total. The van der Waals surface area contributed by atoms with Crippen molar-refractivity contribution in [2.45, 2.75) is 19.4 Å². The first kappa shape index (κ1) is 9.45. The Kier molecular flexibility index (Phi) is 3.47. The van der Waals surface area contributed by atoms with Crippen molar-refractivity contribution in [3.63, 3.8) is 0 Å². The first-order chi connectivity index (χ1) is 5.77. The second kappa shape index (κ2) is 4.40. The highest BCUT2D eigenvalue weighted by atomic mass is 19.1. The molecule has 1 fully saturated rings. The third-order valence-electron chi connectivity index (χ3n) is 2.10. The quantitative estimate of drug-likeness (QED) is 0.647. The minimum absolute atomic E-state index is 0.120. The van der Waals surface area contributed by atoms with Crippen LogP contribution in [0, 0.1) is 0 Å². The van der Waals surface area contributed by atoms with E-state index in [0.717, 1.165) is 0 Å². The second-order valence-corrected chi connectivity index (χ2v) is 3.00. The number of alkyl halides is 1. The zero-order valence-electron chi connectivity index (χ0n) is 7.35. The lowest BCUT2D eigenvalue weighted by molar-refractivity contribution is -0.132. The lowest BCUT2D eigenvalue weighted by Gasteiger charge is -2.32. The molecule has 3 nitrogen and oxygen atoms in total. The van der Waals surface area contributed by atoms with Crippen molar-refractivity contribution in [1.29, 1.82) is 0 Å². The highest BCUT2D eigenvalue weighted by Crippen LogP contribution is 2.01. The summed E-state index contributed by atoms with van der Waals surface area (Å²) in [5.41, 5.74) is 0. The van der Waals surface area contributed by atoms with Crippen molar-refractivity contribution >= 4 is 5.91 Å². The van der Waals surface area contributed by atoms with E-state index in [-0.39, 0.29) is 11.9 Å². The summed E-state index contributed by atoms with van der Waals surface area (Å²) in [4.78, 5) is 12.9. The first-order valence-electron chi connectivity index (χ1n) is 4.35. The van der Waals surface area contributed by atoms with Crippen molar-refractivity contribution in [3.05, 3.63) is 0 Å². The van der Waals surface area contributed by atoms with Gasteiger partial charge in [0.05, 0.1) is 6.04 Å². The van der Waals surface area contributed by atoms with E-state index in [0.29, 0.717) is 26.1 Å². The van der Waals surface area contributed by atoms with Crippen molar-refractivity contribution in [2.24, 2.45) is 0 Å². The molecule has 0 bridgehead atoms. The molecule has 0 aromatic heterocycles. The number of amides is 1. The average molecular weight is 174 g/mol. The molecular weight excluding hydrogens is 159 g/mol. The molecule has 1 atom stereocenters. The van der Waals surface area contributed by atoms with Gasteiger partial charge in [-0.1, -0.05) is 6.92 Å². The Balaban J connectivity index is 2.40. The van der Waals surface area contributed by atoms with E-state index < -0.39 is 6.67 Å². The Morgan fingerprint density at radius 1 is 1.75 bits per heavy atom. The van der Waals surface area contributed by atoms with Crippen LogP contribution >= 0.6 is 0 Å². The molecule has 1 saturated heterocycles. The smallest absolute Gasteiger partial charge is 0.222 e. The Labute approximate surface area is 71.9 Å². The highest BCUT2D eigenvalue weighted by Gasteiger charge is 2.21. The molecule has 1 aliphatic heterocycles. The zero-order chi connectivity index (χ0) is 8.97. The van der Waals surface area contributed by atoms with Crippen LogP contribution in [0.3, 0.4) is 0 Å². The molecule has 70 valence electrons. The maximum absolute atomic E-state index is 12.2. The third kappa shape index (κ3) is 2.17. The van der Waals surface area contributed by atoms with Gasteiger partial charge in [0.2, 0.25) is 5.91 Å². The number of nitrogens with one attached hydrogen (secondary N) is 1. The van der Waals surface area contributed by atoms with Crippen LogP contribution in [0.1, 0.15) is 13.3 Å². The normalized spacial score (nSPS) is 24.2. The van der Waals surface area contributed by atoms with E-state index in [1.165, 1.54) is 0 Å². The van der Waals surface area contributed by atoms with E-state index in [2.05, 4.69) is 5.32 Å². The fourth-order valence-electron chi connectivity index (χ4n) is 1.38. The van der Waals surface area contributed by atoms with Crippen molar-refractivity contribution < 1.29 is 9.18 Å². The largest absolute Gasteiger partial charge is 0.340 e. The number of carbonyl (C=O) groups excluding carboxylic acids is 1. The molecule has 0 radical (unpaired) electrons. The predicted molar refractivity (Wildman–Crippen MR) is 44.6 cm³/mol. The van der Waals surface area contributed by atoms with Gasteiger partial charge in [-0.3, -0.25) is 4.79 Å². The van der Waals surface area contributed by atoms with Crippen LogP contribution in [-0.4, -0.2) is 43.2 Å². The molecule has 12 heavy (non-hydrogen) atoms. The fourth-order valence-corrected chi connectivity index (χ4v) is 1.38. The maximum atomic E-state index is 12.2. The number of carbonyl (C=O) groups is 1. The molecule has 1 amide bonds. The lowest BCUT2D eigenvalue weighted by atomic mass is 10.2. The summed E-state index contributed by atoms with van der Waals surface area (Å²) < 4.78 is 12.2. The molecule has 1 rings (SSSR count). The monoisotopic (exact) mass is 174 g/mol. The van der Waals surface area contributed by atoms with Gasteiger partial charge < -0.3 is 10.2 Å². The number of rotatable bonds is 2. The van der Waals surface area contributed by atoms with Crippen molar-refractivity contribution in [1.82, 2.24) is 10.2 Å².